The molecule has 0 amide bonds. The summed E-state index contributed by atoms with van der Waals surface area (Å²) in [4.78, 5) is 10.6. The maximum atomic E-state index is 10.6. The summed E-state index contributed by atoms with van der Waals surface area (Å²) in [6, 6.07) is 4.93. The first-order valence-electron chi connectivity index (χ1n) is 3.59. The Morgan fingerprint density at radius 1 is 1.43 bits per heavy atom. The summed E-state index contributed by atoms with van der Waals surface area (Å²) >= 11 is 0. The third kappa shape index (κ3) is 4.03. The Balaban J connectivity index is -0.000000180. The number of hydrogen-bond acceptors (Lipinski definition) is 2. The molecule has 0 radical (unpaired) electrons. The largest absolute Gasteiger partial charge is 1.00 e. The van der Waals surface area contributed by atoms with Gasteiger partial charge in [0, 0.05) is 0 Å². The summed E-state index contributed by atoms with van der Waals surface area (Å²) < 4.78 is 0. The summed E-state index contributed by atoms with van der Waals surface area (Å²) in [7, 11) is 0. The number of aliphatic hydroxyl groups excluding tert-OH is 1. The van der Waals surface area contributed by atoms with Gasteiger partial charge >= 0.3 is 65.1 Å². The van der Waals surface area contributed by atoms with E-state index in [1.165, 1.54) is 6.07 Å². The summed E-state index contributed by atoms with van der Waals surface area (Å²) in [6.45, 7) is 1.55. The van der Waals surface area contributed by atoms with Crippen LogP contribution in [0, 0.1) is 6.92 Å². The molecule has 0 bridgehead atoms. The number of aryl methyl sites for hydroxylation is 1. The van der Waals surface area contributed by atoms with Crippen molar-refractivity contribution in [3.8, 4) is 0 Å². The van der Waals surface area contributed by atoms with Crippen molar-refractivity contribution in [3.05, 3.63) is 34.9 Å². The van der Waals surface area contributed by atoms with Crippen LogP contribution in [0.2, 0.25) is 0 Å². The molecule has 1 rings (SSSR count). The second-order valence-corrected chi connectivity index (χ2v) is 2.56. The van der Waals surface area contributed by atoms with Gasteiger partial charge < -0.3 is 13.1 Å². The topological polar surface area (TPSA) is 57.5 Å². The minimum Gasteiger partial charge on any atom is -1.00 e. The number of aromatic carboxylic acids is 1. The predicted molar refractivity (Wildman–Crippen MR) is 46.3 cm³/mol. The van der Waals surface area contributed by atoms with Crippen molar-refractivity contribution in [2.45, 2.75) is 13.5 Å². The number of rotatable bonds is 2. The molecule has 0 aromatic heterocycles. The number of benzene rings is 1. The summed E-state index contributed by atoms with van der Waals surface area (Å²) in [5.41, 5.74) is 1.47. The summed E-state index contributed by atoms with van der Waals surface area (Å²) in [6.07, 6.45) is 0. The molecule has 0 fully saturated rings. The van der Waals surface area contributed by atoms with Gasteiger partial charge in [0.2, 0.25) is 0 Å². The van der Waals surface area contributed by atoms with E-state index < -0.39 is 5.97 Å². The first-order chi connectivity index (χ1) is 5.66. The molecule has 2 N–H and O–H groups in total. The van der Waals surface area contributed by atoms with Crippen LogP contribution < -0.4 is 59.1 Å². The van der Waals surface area contributed by atoms with Gasteiger partial charge in [-0.05, 0) is 24.1 Å². The van der Waals surface area contributed by atoms with Crippen molar-refractivity contribution < 1.29 is 77.0 Å². The monoisotopic (exact) mass is 214 g/mol. The van der Waals surface area contributed by atoms with Gasteiger partial charge in [0.15, 0.2) is 0 Å². The zero-order valence-electron chi connectivity index (χ0n) is 10.7. The van der Waals surface area contributed by atoms with Crippen molar-refractivity contribution in [3.63, 3.8) is 0 Å². The van der Waals surface area contributed by atoms with E-state index in [2.05, 4.69) is 0 Å². The number of carboxylic acids is 1. The fourth-order valence-corrected chi connectivity index (χ4v) is 1.11. The Hall–Kier alpha value is 0.650. The van der Waals surface area contributed by atoms with Gasteiger partial charge in [-0.3, -0.25) is 0 Å². The zero-order chi connectivity index (χ0) is 9.14. The van der Waals surface area contributed by atoms with Gasteiger partial charge in [0.05, 0.1) is 12.2 Å². The van der Waals surface area contributed by atoms with E-state index in [1.807, 2.05) is 0 Å². The van der Waals surface area contributed by atoms with Crippen LogP contribution in [0.15, 0.2) is 18.2 Å². The number of hydrogen-bond donors (Lipinski definition) is 2. The van der Waals surface area contributed by atoms with Crippen LogP contribution in [-0.2, 0) is 6.61 Å². The molecule has 68 valence electrons. The average molecular weight is 214 g/mol. The average Bonchev–Trinajstić information content (AvgIpc) is 2.03. The van der Waals surface area contributed by atoms with Crippen LogP contribution in [0.3, 0.4) is 0 Å². The van der Waals surface area contributed by atoms with E-state index >= 15 is 0 Å². The molecule has 0 unspecified atom stereocenters. The molecule has 0 aliphatic carbocycles. The Bertz CT molecular complexity index is 322. The molecule has 0 spiro atoms. The summed E-state index contributed by atoms with van der Waals surface area (Å²) in [5.74, 6) is -0.997. The van der Waals surface area contributed by atoms with Crippen LogP contribution in [0.4, 0.5) is 0 Å². The standard InChI is InChI=1S/C9H10O3.2Na.2H/c1-6-3-2-4-7(9(11)12)8(6)5-10;;;;/h2-4,10H,5H2,1H3,(H,11,12);;;;/q;2*+1;2*-1. The van der Waals surface area contributed by atoms with E-state index in [1.54, 1.807) is 19.1 Å². The van der Waals surface area contributed by atoms with Crippen LogP contribution in [0.25, 0.3) is 0 Å². The van der Waals surface area contributed by atoms with E-state index in [0.717, 1.165) is 5.56 Å². The first kappa shape index (κ1) is 17.1. The Kier molecular flexibility index (Phi) is 9.60. The van der Waals surface area contributed by atoms with E-state index in [0.29, 0.717) is 5.56 Å². The summed E-state index contributed by atoms with van der Waals surface area (Å²) in [5, 5.41) is 17.6. The molecule has 0 aliphatic heterocycles. The Labute approximate surface area is 130 Å². The minimum atomic E-state index is -0.997. The van der Waals surface area contributed by atoms with Crippen molar-refractivity contribution in [2.24, 2.45) is 0 Å². The molecule has 0 saturated carbocycles. The van der Waals surface area contributed by atoms with Crippen molar-refractivity contribution in [2.75, 3.05) is 0 Å². The molecule has 0 atom stereocenters. The second-order valence-electron chi connectivity index (χ2n) is 2.56. The molecule has 0 heterocycles. The van der Waals surface area contributed by atoms with Gasteiger partial charge in [0.1, 0.15) is 0 Å². The molecular weight excluding hydrogens is 202 g/mol. The SMILES string of the molecule is Cc1cccc(C(=O)O)c1CO.[H-].[H-].[Na+].[Na+]. The molecule has 0 saturated heterocycles. The Morgan fingerprint density at radius 2 is 2.00 bits per heavy atom. The fourth-order valence-electron chi connectivity index (χ4n) is 1.11. The van der Waals surface area contributed by atoms with Crippen LogP contribution in [-0.4, -0.2) is 16.2 Å². The Morgan fingerprint density at radius 3 is 2.36 bits per heavy atom. The van der Waals surface area contributed by atoms with Crippen molar-refractivity contribution in [1.82, 2.24) is 0 Å². The van der Waals surface area contributed by atoms with Crippen LogP contribution >= 0.6 is 0 Å². The van der Waals surface area contributed by atoms with Crippen molar-refractivity contribution in [1.29, 1.82) is 0 Å². The minimum absolute atomic E-state index is 0. The first-order valence-corrected chi connectivity index (χ1v) is 3.59. The number of carboxylic acid groups (broad SMARTS) is 1. The maximum Gasteiger partial charge on any atom is 1.00 e. The molecule has 0 aliphatic rings. The van der Waals surface area contributed by atoms with Gasteiger partial charge in [-0.25, -0.2) is 4.79 Å². The molecule has 1 aromatic carbocycles. The van der Waals surface area contributed by atoms with Gasteiger partial charge in [-0.1, -0.05) is 12.1 Å². The van der Waals surface area contributed by atoms with Crippen LogP contribution in [0.5, 0.6) is 0 Å². The molecule has 5 heteroatoms. The smallest absolute Gasteiger partial charge is 1.00 e. The second kappa shape index (κ2) is 7.88. The van der Waals surface area contributed by atoms with Gasteiger partial charge in [-0.2, -0.15) is 0 Å². The van der Waals surface area contributed by atoms with Gasteiger partial charge in [-0.15, -0.1) is 0 Å². The third-order valence-electron chi connectivity index (χ3n) is 1.80. The number of aliphatic hydroxyl groups is 1. The normalized spacial score (nSPS) is 8.43. The third-order valence-corrected chi connectivity index (χ3v) is 1.80. The zero-order valence-corrected chi connectivity index (χ0v) is 12.7. The molecule has 14 heavy (non-hydrogen) atoms. The van der Waals surface area contributed by atoms with Crippen molar-refractivity contribution >= 4 is 5.97 Å². The molecular formula is C9H12Na2O3. The van der Waals surface area contributed by atoms with E-state index in [-0.39, 0.29) is 74.1 Å². The van der Waals surface area contributed by atoms with Crippen LogP contribution in [0.1, 0.15) is 24.3 Å². The predicted octanol–water partition coefficient (Wildman–Crippen LogP) is -4.58. The quantitative estimate of drug-likeness (QED) is 0.487. The fraction of sp³-hybridized carbons (Fsp3) is 0.222. The number of carbonyl (C=O) groups is 1. The molecule has 1 aromatic rings. The van der Waals surface area contributed by atoms with E-state index in [9.17, 15) is 4.79 Å². The maximum absolute atomic E-state index is 10.6. The van der Waals surface area contributed by atoms with E-state index in [4.69, 9.17) is 10.2 Å². The van der Waals surface area contributed by atoms with Gasteiger partial charge in [0.25, 0.3) is 0 Å². The molecule has 3 nitrogen and oxygen atoms in total.